The van der Waals surface area contributed by atoms with Crippen LogP contribution in [0.15, 0.2) is 127 Å². The molecule has 3 aliphatic rings. The van der Waals surface area contributed by atoms with E-state index in [9.17, 15) is 4.79 Å². The molecule has 4 atom stereocenters. The van der Waals surface area contributed by atoms with Gasteiger partial charge in [-0.3, -0.25) is 4.79 Å². The summed E-state index contributed by atoms with van der Waals surface area (Å²) < 4.78 is 7.66. The molecule has 1 fully saturated rings. The van der Waals surface area contributed by atoms with Gasteiger partial charge in [0.25, 0.3) is 8.32 Å². The number of benzene rings is 4. The molecule has 4 nitrogen and oxygen atoms in total. The summed E-state index contributed by atoms with van der Waals surface area (Å²) in [7, 11) is -2.83. The normalized spacial score (nSPS) is 22.5. The highest BCUT2D eigenvalue weighted by Crippen LogP contribution is 2.55. The smallest absolute Gasteiger partial charge is 0.261 e. The van der Waals surface area contributed by atoms with Crippen molar-refractivity contribution in [2.45, 2.75) is 63.5 Å². The summed E-state index contributed by atoms with van der Waals surface area (Å²) in [6, 6.07) is 39.3. The molecule has 5 aromatic rings. The summed E-state index contributed by atoms with van der Waals surface area (Å²) in [5, 5.41) is 7.62. The fourth-order valence-electron chi connectivity index (χ4n) is 9.29. The lowest BCUT2D eigenvalue weighted by Crippen LogP contribution is -2.67. The summed E-state index contributed by atoms with van der Waals surface area (Å²) in [6.07, 6.45) is 5.63. The molecular formula is C42H44N2O2Si. The van der Waals surface area contributed by atoms with Gasteiger partial charge in [0.2, 0.25) is 0 Å². The van der Waals surface area contributed by atoms with E-state index in [0.717, 1.165) is 24.8 Å². The van der Waals surface area contributed by atoms with Crippen LogP contribution in [0, 0.1) is 11.8 Å². The van der Waals surface area contributed by atoms with E-state index in [1.807, 2.05) is 0 Å². The highest BCUT2D eigenvalue weighted by atomic mass is 28.4. The van der Waals surface area contributed by atoms with Gasteiger partial charge in [-0.2, -0.15) is 0 Å². The van der Waals surface area contributed by atoms with E-state index in [0.29, 0.717) is 18.8 Å². The molecule has 5 heteroatoms. The second-order valence-corrected chi connectivity index (χ2v) is 19.1. The molecule has 2 heterocycles. The summed E-state index contributed by atoms with van der Waals surface area (Å²) >= 11 is 0. The van der Waals surface area contributed by atoms with E-state index < -0.39 is 8.32 Å². The third-order valence-electron chi connectivity index (χ3n) is 11.3. The van der Waals surface area contributed by atoms with Crippen LogP contribution >= 0.6 is 0 Å². The fraction of sp³-hybridized carbons (Fsp3) is 0.310. The van der Waals surface area contributed by atoms with E-state index >= 15 is 0 Å². The minimum absolute atomic E-state index is 0.128. The predicted octanol–water partition coefficient (Wildman–Crippen LogP) is 8.16. The van der Waals surface area contributed by atoms with Gasteiger partial charge in [-0.1, -0.05) is 118 Å². The van der Waals surface area contributed by atoms with E-state index in [4.69, 9.17) is 4.43 Å². The topological polar surface area (TPSA) is 54.1 Å². The van der Waals surface area contributed by atoms with Crippen molar-refractivity contribution in [3.8, 4) is 0 Å². The molecule has 1 aliphatic heterocycles. The predicted molar refractivity (Wildman–Crippen MR) is 195 cm³/mol. The lowest BCUT2D eigenvalue weighted by atomic mass is 9.59. The molecule has 0 amide bonds. The Kier molecular flexibility index (Phi) is 7.57. The largest absolute Gasteiger partial charge is 0.403 e. The molecule has 238 valence electrons. The Balaban J connectivity index is 1.32. The number of hydrogen-bond acceptors (Lipinski definition) is 3. The van der Waals surface area contributed by atoms with Gasteiger partial charge in [-0.15, -0.1) is 0 Å². The number of rotatable bonds is 7. The van der Waals surface area contributed by atoms with Gasteiger partial charge in [-0.25, -0.2) is 0 Å². The van der Waals surface area contributed by atoms with Gasteiger partial charge in [-0.05, 0) is 75.0 Å². The number of carbonyl (C=O) groups excluding carboxylic acids is 1. The van der Waals surface area contributed by atoms with Crippen molar-refractivity contribution in [2.24, 2.45) is 11.8 Å². The zero-order chi connectivity index (χ0) is 32.2. The van der Waals surface area contributed by atoms with Crippen LogP contribution in [0.5, 0.6) is 0 Å². The van der Waals surface area contributed by atoms with Gasteiger partial charge >= 0.3 is 0 Å². The van der Waals surface area contributed by atoms with Crippen LogP contribution in [-0.2, 0) is 15.6 Å². The first kappa shape index (κ1) is 30.2. The number of aromatic nitrogens is 1. The first-order valence-corrected chi connectivity index (χ1v) is 19.2. The number of para-hydroxylation sites is 2. The van der Waals surface area contributed by atoms with Gasteiger partial charge < -0.3 is 14.7 Å². The molecule has 0 spiro atoms. The average molecular weight is 637 g/mol. The number of anilines is 1. The minimum atomic E-state index is -2.83. The summed E-state index contributed by atoms with van der Waals surface area (Å²) in [4.78, 5) is 17.8. The van der Waals surface area contributed by atoms with Crippen LogP contribution in [0.4, 0.5) is 5.69 Å². The Morgan fingerprint density at radius 3 is 2.19 bits per heavy atom. The van der Waals surface area contributed by atoms with Crippen molar-refractivity contribution >= 4 is 41.1 Å². The molecule has 0 radical (unpaired) electrons. The minimum Gasteiger partial charge on any atom is -0.403 e. The van der Waals surface area contributed by atoms with Crippen LogP contribution in [0.3, 0.4) is 0 Å². The van der Waals surface area contributed by atoms with Crippen molar-refractivity contribution in [2.75, 3.05) is 11.9 Å². The van der Waals surface area contributed by atoms with Crippen LogP contribution < -0.4 is 15.7 Å². The molecule has 0 unspecified atom stereocenters. The average Bonchev–Trinajstić information content (AvgIpc) is 3.68. The van der Waals surface area contributed by atoms with Crippen molar-refractivity contribution in [1.29, 1.82) is 0 Å². The number of aromatic amines is 1. The van der Waals surface area contributed by atoms with Crippen molar-refractivity contribution in [3.05, 3.63) is 138 Å². The van der Waals surface area contributed by atoms with Crippen molar-refractivity contribution < 1.29 is 9.22 Å². The highest BCUT2D eigenvalue weighted by molar-refractivity contribution is 6.99. The van der Waals surface area contributed by atoms with Gasteiger partial charge in [0.1, 0.15) is 5.78 Å². The summed E-state index contributed by atoms with van der Waals surface area (Å²) in [6.45, 7) is 7.46. The summed E-state index contributed by atoms with van der Waals surface area (Å²) in [5.41, 5.74) is 7.56. The maximum Gasteiger partial charge on any atom is 0.261 e. The van der Waals surface area contributed by atoms with E-state index in [2.05, 4.69) is 146 Å². The monoisotopic (exact) mass is 636 g/mol. The van der Waals surface area contributed by atoms with E-state index in [1.54, 1.807) is 0 Å². The molecule has 4 aromatic carbocycles. The number of carbonyl (C=O) groups is 1. The van der Waals surface area contributed by atoms with Gasteiger partial charge in [0, 0.05) is 41.0 Å². The molecule has 1 saturated carbocycles. The quantitative estimate of drug-likeness (QED) is 0.140. The van der Waals surface area contributed by atoms with Crippen molar-refractivity contribution in [1.82, 2.24) is 4.98 Å². The molecule has 2 N–H and O–H groups in total. The Bertz CT molecular complexity index is 1920. The second kappa shape index (κ2) is 11.8. The standard InChI is InChI=1S/C42H44N2O2Si/c1-42(2,3)47(29-15-6-4-7-16-29,30-17-8-5-9-18-30)46-27-35-34(25-28-26-43-36-22-12-10-19-31(28)36)41-40(32-20-11-13-23-37(32)44-41)33-21-14-24-38(45)39(33)35/h4-13,15-20,22-23,26,33,39-41,43-44H,14,21,24-25,27H2,1-3H3/t33-,39+,40+,41+/m0/s1. The fourth-order valence-corrected chi connectivity index (χ4v) is 13.8. The number of nitrogens with one attached hydrogen (secondary N) is 2. The van der Waals surface area contributed by atoms with Crippen LogP contribution in [-0.4, -0.2) is 31.7 Å². The number of H-pyrrole nitrogens is 1. The SMILES string of the molecule is CC(C)(C)[Si](OCC1=C(Cc2c[nH]c3ccccc23)[C@H]2Nc3ccccc3[C@@H]2[C@H]2CCCC(=O)[C@@H]12)(c1ccccc1)c1ccccc1. The first-order chi connectivity index (χ1) is 22.9. The zero-order valence-corrected chi connectivity index (χ0v) is 28.6. The molecular weight excluding hydrogens is 593 g/mol. The lowest BCUT2D eigenvalue weighted by molar-refractivity contribution is -0.126. The Morgan fingerprint density at radius 2 is 1.47 bits per heavy atom. The molecule has 0 bridgehead atoms. The van der Waals surface area contributed by atoms with Crippen LogP contribution in [0.25, 0.3) is 10.9 Å². The van der Waals surface area contributed by atoms with Gasteiger partial charge in [0.15, 0.2) is 0 Å². The molecule has 2 aliphatic carbocycles. The molecule has 0 saturated heterocycles. The Labute approximate surface area is 279 Å². The number of fused-ring (bicyclic) bond motifs is 6. The maximum atomic E-state index is 14.3. The molecule has 8 rings (SSSR count). The third-order valence-corrected chi connectivity index (χ3v) is 16.2. The second-order valence-electron chi connectivity index (χ2n) is 14.8. The van der Waals surface area contributed by atoms with Gasteiger partial charge in [0.05, 0.1) is 12.6 Å². The lowest BCUT2D eigenvalue weighted by Gasteiger charge is -2.47. The van der Waals surface area contributed by atoms with Crippen LogP contribution in [0.2, 0.25) is 5.04 Å². The summed E-state index contributed by atoms with van der Waals surface area (Å²) in [5.74, 6) is 0.803. The Morgan fingerprint density at radius 1 is 0.809 bits per heavy atom. The molecule has 1 aromatic heterocycles. The molecule has 47 heavy (non-hydrogen) atoms. The first-order valence-electron chi connectivity index (χ1n) is 17.3. The van der Waals surface area contributed by atoms with E-state index in [1.165, 1.54) is 43.7 Å². The number of ketones is 1. The number of hydrogen-bond donors (Lipinski definition) is 2. The highest BCUT2D eigenvalue weighted by Gasteiger charge is 2.54. The maximum absolute atomic E-state index is 14.3. The Hall–Kier alpha value is -4.19. The van der Waals surface area contributed by atoms with E-state index in [-0.39, 0.29) is 28.8 Å². The third kappa shape index (κ3) is 4.94. The number of Topliss-reactive ketones (excluding diaryl/α,β-unsaturated/α-hetero) is 1. The van der Waals surface area contributed by atoms with Crippen LogP contribution in [0.1, 0.15) is 57.1 Å². The van der Waals surface area contributed by atoms with Crippen molar-refractivity contribution in [3.63, 3.8) is 0 Å². The zero-order valence-electron chi connectivity index (χ0n) is 27.6.